The zero-order valence-corrected chi connectivity index (χ0v) is 17.4. The molecule has 0 amide bonds. The van der Waals surface area contributed by atoms with Crippen LogP contribution < -0.4 is 0 Å². The summed E-state index contributed by atoms with van der Waals surface area (Å²) in [5.41, 5.74) is -1.24. The van der Waals surface area contributed by atoms with Crippen molar-refractivity contribution in [3.05, 3.63) is 23.5 Å². The van der Waals surface area contributed by atoms with Crippen LogP contribution in [0.3, 0.4) is 0 Å². The molecule has 4 rings (SSSR count). The van der Waals surface area contributed by atoms with Gasteiger partial charge in [0.05, 0.1) is 12.3 Å². The number of hydrogen-bond donors (Lipinski definition) is 0. The van der Waals surface area contributed by atoms with Gasteiger partial charge in [-0.3, -0.25) is 4.90 Å². The van der Waals surface area contributed by atoms with Crippen molar-refractivity contribution in [3.8, 4) is 0 Å². The molecule has 4 heterocycles. The second-order valence-electron chi connectivity index (χ2n) is 8.67. The molecule has 0 saturated carbocycles. The first-order valence-corrected chi connectivity index (χ1v) is 11.3. The van der Waals surface area contributed by atoms with Crippen LogP contribution in [0.5, 0.6) is 0 Å². The molecule has 29 heavy (non-hydrogen) atoms. The molecule has 162 valence electrons. The third-order valence-corrected chi connectivity index (χ3v) is 8.43. The van der Waals surface area contributed by atoms with Crippen LogP contribution in [0.15, 0.2) is 17.0 Å². The van der Waals surface area contributed by atoms with Gasteiger partial charge in [-0.05, 0) is 44.7 Å². The molecule has 2 atom stereocenters. The monoisotopic (exact) mass is 433 g/mol. The van der Waals surface area contributed by atoms with E-state index in [1.54, 1.807) is 0 Å². The maximum Gasteiger partial charge on any atom is 0.433 e. The van der Waals surface area contributed by atoms with Gasteiger partial charge in [0.1, 0.15) is 10.6 Å². The molecule has 0 aliphatic carbocycles. The maximum atomic E-state index is 12.9. The molecule has 10 heteroatoms. The van der Waals surface area contributed by atoms with Gasteiger partial charge in [0.15, 0.2) is 0 Å². The van der Waals surface area contributed by atoms with Crippen LogP contribution in [0.25, 0.3) is 0 Å². The molecule has 0 N–H and O–H groups in total. The van der Waals surface area contributed by atoms with Crippen LogP contribution in [-0.2, 0) is 20.9 Å². The van der Waals surface area contributed by atoms with E-state index in [2.05, 4.69) is 16.8 Å². The fraction of sp³-hybridized carbons (Fsp3) is 0.737. The molecule has 1 aromatic rings. The molecule has 3 saturated heterocycles. The lowest BCUT2D eigenvalue weighted by Crippen LogP contribution is -2.74. The van der Waals surface area contributed by atoms with Gasteiger partial charge in [-0.25, -0.2) is 13.4 Å². The van der Waals surface area contributed by atoms with Crippen LogP contribution in [0.4, 0.5) is 13.2 Å². The van der Waals surface area contributed by atoms with Gasteiger partial charge in [0, 0.05) is 44.2 Å². The summed E-state index contributed by atoms with van der Waals surface area (Å²) in [6.07, 6.45) is -2.35. The Morgan fingerprint density at radius 2 is 1.93 bits per heavy atom. The maximum absolute atomic E-state index is 12.9. The number of aromatic nitrogens is 1. The van der Waals surface area contributed by atoms with Gasteiger partial charge in [-0.2, -0.15) is 17.5 Å². The van der Waals surface area contributed by atoms with Crippen molar-refractivity contribution >= 4 is 10.0 Å². The SMILES string of the molecule is Cc1nc(C(F)(F)F)ccc1S(=O)(=O)N1CC2(CN(C(C)[C@@H]3CCCOC3)C2)C1. The van der Waals surface area contributed by atoms with Gasteiger partial charge >= 0.3 is 6.18 Å². The highest BCUT2D eigenvalue weighted by Gasteiger charge is 2.56. The lowest BCUT2D eigenvalue weighted by molar-refractivity contribution is -0.141. The van der Waals surface area contributed by atoms with Gasteiger partial charge in [-0.15, -0.1) is 0 Å². The van der Waals surface area contributed by atoms with Crippen LogP contribution >= 0.6 is 0 Å². The van der Waals surface area contributed by atoms with Crippen molar-refractivity contribution in [2.24, 2.45) is 11.3 Å². The molecule has 6 nitrogen and oxygen atoms in total. The van der Waals surface area contributed by atoms with Crippen molar-refractivity contribution in [1.29, 1.82) is 0 Å². The Morgan fingerprint density at radius 1 is 1.24 bits per heavy atom. The van der Waals surface area contributed by atoms with E-state index < -0.39 is 21.9 Å². The zero-order chi connectivity index (χ0) is 21.0. The second-order valence-corrected chi connectivity index (χ2v) is 10.6. The Balaban J connectivity index is 1.37. The Bertz CT molecular complexity index is 870. The van der Waals surface area contributed by atoms with Crippen molar-refractivity contribution < 1.29 is 26.3 Å². The molecule has 1 aromatic heterocycles. The topological polar surface area (TPSA) is 62.7 Å². The number of likely N-dealkylation sites (tertiary alicyclic amines) is 1. The van der Waals surface area contributed by atoms with E-state index in [4.69, 9.17) is 4.74 Å². The van der Waals surface area contributed by atoms with E-state index >= 15 is 0 Å². The predicted octanol–water partition coefficient (Wildman–Crippen LogP) is 2.53. The fourth-order valence-electron chi connectivity index (χ4n) is 4.74. The summed E-state index contributed by atoms with van der Waals surface area (Å²) in [6, 6.07) is 2.16. The van der Waals surface area contributed by atoms with Crippen LogP contribution in [0.2, 0.25) is 0 Å². The van der Waals surface area contributed by atoms with E-state index in [1.807, 2.05) is 0 Å². The lowest BCUT2D eigenvalue weighted by Gasteiger charge is -2.61. The highest BCUT2D eigenvalue weighted by molar-refractivity contribution is 7.89. The second kappa shape index (κ2) is 7.18. The predicted molar refractivity (Wildman–Crippen MR) is 99.7 cm³/mol. The van der Waals surface area contributed by atoms with Gasteiger partial charge in [-0.1, -0.05) is 0 Å². The van der Waals surface area contributed by atoms with Gasteiger partial charge in [0.25, 0.3) is 0 Å². The molecule has 3 fully saturated rings. The molecule has 3 aliphatic rings. The lowest BCUT2D eigenvalue weighted by atomic mass is 9.72. The van der Waals surface area contributed by atoms with Crippen LogP contribution in [0.1, 0.15) is 31.2 Å². The summed E-state index contributed by atoms with van der Waals surface area (Å²) >= 11 is 0. The van der Waals surface area contributed by atoms with E-state index in [0.29, 0.717) is 25.0 Å². The quantitative estimate of drug-likeness (QED) is 0.730. The normalized spacial score (nSPS) is 26.7. The molecule has 1 unspecified atom stereocenters. The Labute approximate surface area is 169 Å². The number of aryl methyl sites for hydroxylation is 1. The molecule has 0 bridgehead atoms. The Kier molecular flexibility index (Phi) is 5.20. The summed E-state index contributed by atoms with van der Waals surface area (Å²) in [6.45, 7) is 7.62. The van der Waals surface area contributed by atoms with Gasteiger partial charge < -0.3 is 4.74 Å². The van der Waals surface area contributed by atoms with Crippen molar-refractivity contribution in [2.45, 2.75) is 43.8 Å². The summed E-state index contributed by atoms with van der Waals surface area (Å²) in [5.74, 6) is 0.516. The molecule has 1 spiro atoms. The highest BCUT2D eigenvalue weighted by atomic mass is 32.2. The number of pyridine rings is 1. The average molecular weight is 433 g/mol. The van der Waals surface area contributed by atoms with E-state index in [1.165, 1.54) is 11.2 Å². The minimum Gasteiger partial charge on any atom is -0.381 e. The number of halogens is 3. The first-order chi connectivity index (χ1) is 13.5. The third kappa shape index (κ3) is 3.80. The molecular weight excluding hydrogens is 407 g/mol. The minimum absolute atomic E-state index is 0.0376. The summed E-state index contributed by atoms with van der Waals surface area (Å²) < 4.78 is 71.0. The smallest absolute Gasteiger partial charge is 0.381 e. The first-order valence-electron chi connectivity index (χ1n) is 9.89. The van der Waals surface area contributed by atoms with Gasteiger partial charge in [0.2, 0.25) is 10.0 Å². The van der Waals surface area contributed by atoms with Crippen molar-refractivity contribution in [3.63, 3.8) is 0 Å². The number of nitrogens with zero attached hydrogens (tertiary/aromatic N) is 3. The number of rotatable bonds is 4. The molecule has 0 aromatic carbocycles. The number of sulfonamides is 1. The molecule has 3 aliphatic heterocycles. The van der Waals surface area contributed by atoms with Crippen molar-refractivity contribution in [2.75, 3.05) is 39.4 Å². The van der Waals surface area contributed by atoms with Crippen LogP contribution in [0, 0.1) is 18.3 Å². The Morgan fingerprint density at radius 3 is 2.48 bits per heavy atom. The zero-order valence-electron chi connectivity index (χ0n) is 16.6. The molecular formula is C19H26F3N3O3S. The number of hydrogen-bond acceptors (Lipinski definition) is 5. The highest BCUT2D eigenvalue weighted by Crippen LogP contribution is 2.44. The Hall–Kier alpha value is -1.23. The number of alkyl halides is 3. The average Bonchev–Trinajstić information content (AvgIpc) is 2.58. The minimum atomic E-state index is -4.59. The van der Waals surface area contributed by atoms with E-state index in [9.17, 15) is 21.6 Å². The largest absolute Gasteiger partial charge is 0.433 e. The molecule has 0 radical (unpaired) electrons. The summed E-state index contributed by atoms with van der Waals surface area (Å²) in [4.78, 5) is 5.69. The summed E-state index contributed by atoms with van der Waals surface area (Å²) in [7, 11) is -3.84. The third-order valence-electron chi connectivity index (χ3n) is 6.50. The van der Waals surface area contributed by atoms with Crippen molar-refractivity contribution in [1.82, 2.24) is 14.2 Å². The standard InChI is InChI=1S/C19H26F3N3O3S/c1-13-16(5-6-17(23-13)19(20,21)22)29(26,27)25-11-18(12-25)9-24(10-18)14(2)15-4-3-7-28-8-15/h5-6,14-15H,3-4,7-12H2,1-2H3/t14?,15-/m1/s1. The van der Waals surface area contributed by atoms with E-state index in [-0.39, 0.29) is 16.0 Å². The number of ether oxygens (including phenoxy) is 1. The van der Waals surface area contributed by atoms with E-state index in [0.717, 1.165) is 51.3 Å². The fourth-order valence-corrected chi connectivity index (χ4v) is 6.56. The van der Waals surface area contributed by atoms with Crippen LogP contribution in [-0.4, -0.2) is 68.0 Å². The summed E-state index contributed by atoms with van der Waals surface area (Å²) in [5, 5.41) is 0. The first kappa shape index (κ1) is 21.0.